The van der Waals surface area contributed by atoms with Gasteiger partial charge in [-0.25, -0.2) is 4.79 Å². The number of hydrogen-bond donors (Lipinski definition) is 2. The summed E-state index contributed by atoms with van der Waals surface area (Å²) in [6, 6.07) is 16.2. The number of aliphatic carboxylic acids is 1. The Morgan fingerprint density at radius 2 is 1.63 bits per heavy atom. The summed E-state index contributed by atoms with van der Waals surface area (Å²) in [5.41, 5.74) is 2.45. The quantitative estimate of drug-likeness (QED) is 0.651. The second-order valence-electron chi connectivity index (χ2n) is 4.13. The summed E-state index contributed by atoms with van der Waals surface area (Å²) in [4.78, 5) is 11.3. The summed E-state index contributed by atoms with van der Waals surface area (Å²) in [6.45, 7) is -0.0505. The Bertz CT molecular complexity index is 583. The number of aliphatic hydroxyl groups is 1. The van der Waals surface area contributed by atoms with Gasteiger partial charge in [0.05, 0.1) is 12.2 Å². The molecule has 0 radical (unpaired) electrons. The Morgan fingerprint density at radius 1 is 1.00 bits per heavy atom. The van der Waals surface area contributed by atoms with Gasteiger partial charge in [-0.15, -0.1) is 0 Å². The maximum Gasteiger partial charge on any atom is 0.336 e. The van der Waals surface area contributed by atoms with E-state index < -0.39 is 5.97 Å². The smallest absolute Gasteiger partial charge is 0.336 e. The lowest BCUT2D eigenvalue weighted by atomic mass is 10.0. The Hall–Kier alpha value is -2.39. The molecule has 0 aromatic heterocycles. The molecule has 0 aliphatic heterocycles. The molecule has 0 saturated heterocycles. The van der Waals surface area contributed by atoms with E-state index in [0.29, 0.717) is 5.56 Å². The van der Waals surface area contributed by atoms with Crippen LogP contribution in [0.3, 0.4) is 0 Å². The van der Waals surface area contributed by atoms with E-state index in [9.17, 15) is 9.90 Å². The Morgan fingerprint density at radius 3 is 2.16 bits per heavy atom. The zero-order valence-corrected chi connectivity index (χ0v) is 10.3. The zero-order chi connectivity index (χ0) is 13.7. The highest BCUT2D eigenvalue weighted by Crippen LogP contribution is 2.19. The predicted octanol–water partition coefficient (Wildman–Crippen LogP) is 2.80. The van der Waals surface area contributed by atoms with Crippen LogP contribution in [0.25, 0.3) is 11.6 Å². The summed E-state index contributed by atoms with van der Waals surface area (Å²) in [7, 11) is 0. The molecular weight excluding hydrogens is 240 g/mol. The van der Waals surface area contributed by atoms with Crippen molar-refractivity contribution in [1.29, 1.82) is 0 Å². The lowest BCUT2D eigenvalue weighted by Crippen LogP contribution is -1.99. The molecule has 0 aliphatic rings. The van der Waals surface area contributed by atoms with Crippen molar-refractivity contribution in [2.45, 2.75) is 6.61 Å². The van der Waals surface area contributed by atoms with Crippen molar-refractivity contribution < 1.29 is 15.0 Å². The molecule has 0 unspecified atom stereocenters. The van der Waals surface area contributed by atoms with Crippen LogP contribution in [0, 0.1) is 0 Å². The Balaban J connectivity index is 2.40. The van der Waals surface area contributed by atoms with E-state index in [-0.39, 0.29) is 12.2 Å². The molecule has 96 valence electrons. The van der Waals surface area contributed by atoms with Crippen LogP contribution in [0.5, 0.6) is 0 Å². The highest BCUT2D eigenvalue weighted by Gasteiger charge is 2.10. The van der Waals surface area contributed by atoms with Crippen molar-refractivity contribution in [3.05, 3.63) is 71.3 Å². The Labute approximate surface area is 111 Å². The summed E-state index contributed by atoms with van der Waals surface area (Å²) in [5, 5.41) is 18.3. The molecule has 0 spiro atoms. The van der Waals surface area contributed by atoms with E-state index in [1.165, 1.54) is 0 Å². The van der Waals surface area contributed by atoms with E-state index in [4.69, 9.17) is 5.11 Å². The van der Waals surface area contributed by atoms with Gasteiger partial charge in [-0.3, -0.25) is 0 Å². The average molecular weight is 254 g/mol. The molecular formula is C16H14O3. The summed E-state index contributed by atoms with van der Waals surface area (Å²) < 4.78 is 0. The number of carbonyl (C=O) groups is 1. The second kappa shape index (κ2) is 5.98. The molecule has 3 nitrogen and oxygen atoms in total. The van der Waals surface area contributed by atoms with Gasteiger partial charge in [-0.05, 0) is 22.8 Å². The number of rotatable bonds is 4. The topological polar surface area (TPSA) is 57.5 Å². The summed E-state index contributed by atoms with van der Waals surface area (Å²) in [5.74, 6) is -0.972. The van der Waals surface area contributed by atoms with Crippen LogP contribution in [-0.2, 0) is 11.4 Å². The van der Waals surface area contributed by atoms with Gasteiger partial charge in [0.15, 0.2) is 0 Å². The van der Waals surface area contributed by atoms with Gasteiger partial charge in [0.25, 0.3) is 0 Å². The van der Waals surface area contributed by atoms with E-state index in [2.05, 4.69) is 0 Å². The first-order chi connectivity index (χ1) is 9.20. The molecule has 2 N–H and O–H groups in total. The third kappa shape index (κ3) is 3.30. The van der Waals surface area contributed by atoms with Gasteiger partial charge < -0.3 is 10.2 Å². The van der Waals surface area contributed by atoms with Crippen molar-refractivity contribution in [2.24, 2.45) is 0 Å². The van der Waals surface area contributed by atoms with Crippen LogP contribution >= 0.6 is 0 Å². The highest BCUT2D eigenvalue weighted by molar-refractivity contribution is 6.20. The fourth-order valence-electron chi connectivity index (χ4n) is 1.77. The minimum Gasteiger partial charge on any atom is -0.478 e. The summed E-state index contributed by atoms with van der Waals surface area (Å²) >= 11 is 0. The van der Waals surface area contributed by atoms with Crippen LogP contribution in [0.4, 0.5) is 0 Å². The highest BCUT2D eigenvalue weighted by atomic mass is 16.4. The van der Waals surface area contributed by atoms with Crippen LogP contribution in [0.15, 0.2) is 54.6 Å². The van der Waals surface area contributed by atoms with Gasteiger partial charge in [-0.1, -0.05) is 54.6 Å². The normalized spacial score (nSPS) is 11.3. The van der Waals surface area contributed by atoms with Crippen molar-refractivity contribution in [3.63, 3.8) is 0 Å². The maximum absolute atomic E-state index is 11.3. The summed E-state index contributed by atoms with van der Waals surface area (Å²) in [6.07, 6.45) is 1.64. The van der Waals surface area contributed by atoms with E-state index in [1.807, 2.05) is 30.3 Å². The first kappa shape index (κ1) is 13.1. The second-order valence-corrected chi connectivity index (χ2v) is 4.13. The van der Waals surface area contributed by atoms with Crippen LogP contribution in [0.2, 0.25) is 0 Å². The van der Waals surface area contributed by atoms with Gasteiger partial charge >= 0.3 is 5.97 Å². The lowest BCUT2D eigenvalue weighted by Gasteiger charge is -2.04. The van der Waals surface area contributed by atoms with Gasteiger partial charge in [0, 0.05) is 0 Å². The molecule has 3 heteroatoms. The number of benzene rings is 2. The minimum atomic E-state index is -0.972. The molecule has 2 aromatic rings. The zero-order valence-electron chi connectivity index (χ0n) is 10.3. The monoisotopic (exact) mass is 254 g/mol. The SMILES string of the molecule is O=C(O)C(=Cc1ccccc1)c1ccc(CO)cc1. The molecule has 0 fully saturated rings. The average Bonchev–Trinajstić information content (AvgIpc) is 2.46. The van der Waals surface area contributed by atoms with Crippen LogP contribution in [-0.4, -0.2) is 16.2 Å². The van der Waals surface area contributed by atoms with Crippen molar-refractivity contribution in [3.8, 4) is 0 Å². The minimum absolute atomic E-state index is 0.0505. The van der Waals surface area contributed by atoms with Gasteiger partial charge in [0.2, 0.25) is 0 Å². The van der Waals surface area contributed by atoms with Gasteiger partial charge in [-0.2, -0.15) is 0 Å². The molecule has 0 saturated carbocycles. The van der Waals surface area contributed by atoms with E-state index in [0.717, 1.165) is 11.1 Å². The van der Waals surface area contributed by atoms with Crippen molar-refractivity contribution in [1.82, 2.24) is 0 Å². The van der Waals surface area contributed by atoms with Gasteiger partial charge in [0.1, 0.15) is 0 Å². The van der Waals surface area contributed by atoms with Crippen LogP contribution in [0.1, 0.15) is 16.7 Å². The molecule has 0 aliphatic carbocycles. The standard InChI is InChI=1S/C16H14O3/c17-11-13-6-8-14(9-7-13)15(16(18)19)10-12-4-2-1-3-5-12/h1-10,17H,11H2,(H,18,19). The molecule has 2 rings (SSSR count). The molecule has 2 aromatic carbocycles. The molecule has 0 heterocycles. The molecule has 0 atom stereocenters. The number of carboxylic acids is 1. The largest absolute Gasteiger partial charge is 0.478 e. The van der Waals surface area contributed by atoms with Crippen LogP contribution < -0.4 is 0 Å². The number of hydrogen-bond acceptors (Lipinski definition) is 2. The first-order valence-electron chi connectivity index (χ1n) is 5.91. The lowest BCUT2D eigenvalue weighted by molar-refractivity contribution is -0.130. The first-order valence-corrected chi connectivity index (χ1v) is 5.91. The number of aliphatic hydroxyl groups excluding tert-OH is 1. The molecule has 19 heavy (non-hydrogen) atoms. The van der Waals surface area contributed by atoms with Crippen molar-refractivity contribution >= 4 is 17.6 Å². The third-order valence-electron chi connectivity index (χ3n) is 2.79. The maximum atomic E-state index is 11.3. The number of carboxylic acid groups (broad SMARTS) is 1. The third-order valence-corrected chi connectivity index (χ3v) is 2.79. The van der Waals surface area contributed by atoms with E-state index >= 15 is 0 Å². The fourth-order valence-corrected chi connectivity index (χ4v) is 1.77. The van der Waals surface area contributed by atoms with Crippen molar-refractivity contribution in [2.75, 3.05) is 0 Å². The molecule has 0 bridgehead atoms. The predicted molar refractivity (Wildman–Crippen MR) is 74.3 cm³/mol. The fraction of sp³-hybridized carbons (Fsp3) is 0.0625. The molecule has 0 amide bonds. The Kier molecular flexibility index (Phi) is 4.11. The van der Waals surface area contributed by atoms with E-state index in [1.54, 1.807) is 30.3 Å².